The summed E-state index contributed by atoms with van der Waals surface area (Å²) >= 11 is 5.98. The maximum absolute atomic E-state index is 13.2. The number of carbonyl (C=O) groups is 2. The maximum Gasteiger partial charge on any atom is 0.338 e. The van der Waals surface area contributed by atoms with Crippen LogP contribution in [0, 0.1) is 13.8 Å². The Hall–Kier alpha value is -2.44. The molecule has 1 amide bonds. The number of aromatic nitrogens is 1. The Labute approximate surface area is 156 Å². The first-order valence-corrected chi connectivity index (χ1v) is 8.78. The first-order chi connectivity index (χ1) is 12.4. The molecule has 3 rings (SSSR count). The number of aryl methyl sites for hydroxylation is 2. The van der Waals surface area contributed by atoms with Gasteiger partial charge in [0.25, 0.3) is 5.91 Å². The Kier molecular flexibility index (Phi) is 5.25. The van der Waals surface area contributed by atoms with Gasteiger partial charge in [0.05, 0.1) is 22.5 Å². The van der Waals surface area contributed by atoms with E-state index in [4.69, 9.17) is 11.6 Å². The van der Waals surface area contributed by atoms with Crippen LogP contribution in [0.4, 0.5) is 0 Å². The van der Waals surface area contributed by atoms with Gasteiger partial charge in [-0.05, 0) is 31.5 Å². The smallest absolute Gasteiger partial charge is 0.338 e. The van der Waals surface area contributed by atoms with Crippen molar-refractivity contribution in [1.82, 2.24) is 15.2 Å². The number of amides is 1. The van der Waals surface area contributed by atoms with Crippen LogP contribution in [0.5, 0.6) is 0 Å². The number of carboxylic acid groups (broad SMARTS) is 1. The third kappa shape index (κ3) is 3.43. The number of carboxylic acids is 1. The van der Waals surface area contributed by atoms with Gasteiger partial charge in [-0.25, -0.2) is 4.79 Å². The molecule has 2 aromatic rings. The third-order valence-corrected chi connectivity index (χ3v) is 4.78. The molecule has 0 aliphatic carbocycles. The molecule has 1 fully saturated rings. The number of nitrogens with zero attached hydrogens (tertiary/aromatic N) is 2. The van der Waals surface area contributed by atoms with Crippen LogP contribution in [0.25, 0.3) is 11.1 Å². The van der Waals surface area contributed by atoms with Crippen molar-refractivity contribution in [2.75, 3.05) is 26.2 Å². The number of hydrogen-bond donors (Lipinski definition) is 2. The molecule has 26 heavy (non-hydrogen) atoms. The fourth-order valence-electron chi connectivity index (χ4n) is 3.30. The lowest BCUT2D eigenvalue weighted by molar-refractivity contribution is 0.0696. The number of pyridine rings is 1. The van der Waals surface area contributed by atoms with Crippen LogP contribution < -0.4 is 5.32 Å². The van der Waals surface area contributed by atoms with Gasteiger partial charge in [0.15, 0.2) is 0 Å². The number of nitrogens with one attached hydrogen (secondary N) is 1. The van der Waals surface area contributed by atoms with E-state index in [9.17, 15) is 14.7 Å². The van der Waals surface area contributed by atoms with Gasteiger partial charge in [-0.2, -0.15) is 0 Å². The molecule has 0 saturated carbocycles. The summed E-state index contributed by atoms with van der Waals surface area (Å²) in [6, 6.07) is 6.84. The fraction of sp³-hybridized carbons (Fsp3) is 0.316. The van der Waals surface area contributed by atoms with E-state index in [-0.39, 0.29) is 11.5 Å². The molecule has 1 saturated heterocycles. The molecular formula is C19H20ClN3O3. The molecule has 2 heterocycles. The largest absolute Gasteiger partial charge is 0.478 e. The molecule has 0 unspecified atom stereocenters. The number of carbonyl (C=O) groups excluding carboxylic acids is 1. The quantitative estimate of drug-likeness (QED) is 0.864. The van der Waals surface area contributed by atoms with Crippen LogP contribution in [-0.2, 0) is 0 Å². The van der Waals surface area contributed by atoms with Crippen LogP contribution in [-0.4, -0.2) is 53.0 Å². The summed E-state index contributed by atoms with van der Waals surface area (Å²) in [5, 5.41) is 13.5. The summed E-state index contributed by atoms with van der Waals surface area (Å²) < 4.78 is 0. The van der Waals surface area contributed by atoms with Crippen molar-refractivity contribution in [2.24, 2.45) is 0 Å². The summed E-state index contributed by atoms with van der Waals surface area (Å²) in [7, 11) is 0. The van der Waals surface area contributed by atoms with Gasteiger partial charge in [-0.15, -0.1) is 0 Å². The van der Waals surface area contributed by atoms with Crippen LogP contribution in [0.1, 0.15) is 32.1 Å². The Morgan fingerprint density at radius 1 is 1.08 bits per heavy atom. The zero-order valence-electron chi connectivity index (χ0n) is 14.7. The van der Waals surface area contributed by atoms with Gasteiger partial charge in [-0.3, -0.25) is 9.78 Å². The van der Waals surface area contributed by atoms with Gasteiger partial charge in [0, 0.05) is 36.8 Å². The minimum absolute atomic E-state index is 0.0522. The highest BCUT2D eigenvalue weighted by Crippen LogP contribution is 2.33. The highest BCUT2D eigenvalue weighted by Gasteiger charge is 2.29. The van der Waals surface area contributed by atoms with Crippen LogP contribution in [0.15, 0.2) is 24.3 Å². The molecule has 0 bridgehead atoms. The van der Waals surface area contributed by atoms with E-state index in [1.807, 2.05) is 0 Å². The number of benzene rings is 1. The predicted octanol–water partition coefficient (Wildman–Crippen LogP) is 2.76. The molecule has 1 aromatic carbocycles. The Morgan fingerprint density at radius 2 is 1.65 bits per heavy atom. The molecule has 136 valence electrons. The van der Waals surface area contributed by atoms with Crippen molar-refractivity contribution < 1.29 is 14.7 Å². The molecular weight excluding hydrogens is 354 g/mol. The average molecular weight is 374 g/mol. The predicted molar refractivity (Wildman–Crippen MR) is 99.9 cm³/mol. The topological polar surface area (TPSA) is 82.5 Å². The first-order valence-electron chi connectivity index (χ1n) is 8.40. The van der Waals surface area contributed by atoms with Crippen LogP contribution >= 0.6 is 11.6 Å². The summed E-state index contributed by atoms with van der Waals surface area (Å²) in [5.41, 5.74) is 2.35. The Bertz CT molecular complexity index is 859. The van der Waals surface area contributed by atoms with Crippen LogP contribution in [0.3, 0.4) is 0 Å². The van der Waals surface area contributed by atoms with Crippen molar-refractivity contribution >= 4 is 23.5 Å². The molecule has 1 aliphatic rings. The van der Waals surface area contributed by atoms with Crippen molar-refractivity contribution in [3.8, 4) is 11.1 Å². The second kappa shape index (κ2) is 7.43. The molecule has 0 spiro atoms. The maximum atomic E-state index is 13.2. The molecule has 2 N–H and O–H groups in total. The van der Waals surface area contributed by atoms with E-state index in [1.165, 1.54) is 0 Å². The Balaban J connectivity index is 2.25. The van der Waals surface area contributed by atoms with Crippen molar-refractivity contribution in [3.05, 3.63) is 51.8 Å². The van der Waals surface area contributed by atoms with Crippen molar-refractivity contribution in [1.29, 1.82) is 0 Å². The highest BCUT2D eigenvalue weighted by atomic mass is 35.5. The number of halogens is 1. The van der Waals surface area contributed by atoms with E-state index in [2.05, 4.69) is 10.3 Å². The average Bonchev–Trinajstić information content (AvgIpc) is 2.61. The normalized spacial score (nSPS) is 14.3. The molecule has 1 aliphatic heterocycles. The fourth-order valence-corrected chi connectivity index (χ4v) is 3.43. The standard InChI is InChI=1S/C19H20ClN3O3/c1-11-15(18(24)23-9-7-21-8-10-23)17(13-3-5-14(20)6-4-13)16(19(25)26)12(2)22-11/h3-6,21H,7-10H2,1-2H3,(H,25,26). The minimum Gasteiger partial charge on any atom is -0.478 e. The van der Waals surface area contributed by atoms with Crippen molar-refractivity contribution in [2.45, 2.75) is 13.8 Å². The molecule has 1 aromatic heterocycles. The second-order valence-corrected chi connectivity index (χ2v) is 6.70. The van der Waals surface area contributed by atoms with Gasteiger partial charge in [0.2, 0.25) is 0 Å². The number of aromatic carboxylic acids is 1. The van der Waals surface area contributed by atoms with Gasteiger partial charge >= 0.3 is 5.97 Å². The summed E-state index contributed by atoms with van der Waals surface area (Å²) in [5.74, 6) is -1.29. The lowest BCUT2D eigenvalue weighted by Gasteiger charge is -2.29. The minimum atomic E-state index is -1.10. The molecule has 0 atom stereocenters. The third-order valence-electron chi connectivity index (χ3n) is 4.52. The zero-order valence-corrected chi connectivity index (χ0v) is 15.4. The zero-order chi connectivity index (χ0) is 18.8. The van der Waals surface area contributed by atoms with E-state index < -0.39 is 5.97 Å². The van der Waals surface area contributed by atoms with E-state index in [1.54, 1.807) is 43.0 Å². The molecule has 6 nitrogen and oxygen atoms in total. The Morgan fingerprint density at radius 3 is 2.23 bits per heavy atom. The van der Waals surface area contributed by atoms with E-state index >= 15 is 0 Å². The van der Waals surface area contributed by atoms with Gasteiger partial charge in [0.1, 0.15) is 0 Å². The number of hydrogen-bond acceptors (Lipinski definition) is 4. The first kappa shape index (κ1) is 18.4. The molecule has 0 radical (unpaired) electrons. The number of piperazine rings is 1. The van der Waals surface area contributed by atoms with Crippen molar-refractivity contribution in [3.63, 3.8) is 0 Å². The summed E-state index contributed by atoms with van der Waals surface area (Å²) in [6.45, 7) is 5.98. The summed E-state index contributed by atoms with van der Waals surface area (Å²) in [6.07, 6.45) is 0. The second-order valence-electron chi connectivity index (χ2n) is 6.26. The van der Waals surface area contributed by atoms with E-state index in [0.717, 1.165) is 0 Å². The monoisotopic (exact) mass is 373 g/mol. The highest BCUT2D eigenvalue weighted by molar-refractivity contribution is 6.30. The molecule has 7 heteroatoms. The number of rotatable bonds is 3. The SMILES string of the molecule is Cc1nc(C)c(C(=O)N2CCNCC2)c(-c2ccc(Cl)cc2)c1C(=O)O. The van der Waals surface area contributed by atoms with Gasteiger partial charge < -0.3 is 15.3 Å². The lowest BCUT2D eigenvalue weighted by Crippen LogP contribution is -2.46. The van der Waals surface area contributed by atoms with Crippen LogP contribution in [0.2, 0.25) is 5.02 Å². The van der Waals surface area contributed by atoms with E-state index in [0.29, 0.717) is 59.3 Å². The summed E-state index contributed by atoms with van der Waals surface area (Å²) in [4.78, 5) is 31.2. The lowest BCUT2D eigenvalue weighted by atomic mass is 9.91. The van der Waals surface area contributed by atoms with Gasteiger partial charge in [-0.1, -0.05) is 23.7 Å².